The predicted molar refractivity (Wildman–Crippen MR) is 82.1 cm³/mol. The van der Waals surface area contributed by atoms with E-state index < -0.39 is 5.97 Å². The minimum Gasteiger partial charge on any atom is -0.480 e. The van der Waals surface area contributed by atoms with Gasteiger partial charge in [0, 0.05) is 16.8 Å². The number of amides is 1. The van der Waals surface area contributed by atoms with Crippen molar-refractivity contribution in [2.45, 2.75) is 25.6 Å². The summed E-state index contributed by atoms with van der Waals surface area (Å²) in [5.74, 6) is -0.174. The van der Waals surface area contributed by atoms with Gasteiger partial charge in [0.15, 0.2) is 0 Å². The number of carbonyl (C=O) groups is 2. The topological polar surface area (TPSA) is 57.6 Å². The molecule has 0 atom stereocenters. The second kappa shape index (κ2) is 8.17. The third-order valence-corrected chi connectivity index (χ3v) is 3.90. The van der Waals surface area contributed by atoms with Crippen molar-refractivity contribution in [3.8, 4) is 0 Å². The third-order valence-electron chi connectivity index (χ3n) is 2.66. The monoisotopic (exact) mass is 315 g/mol. The van der Waals surface area contributed by atoms with Crippen molar-refractivity contribution in [3.63, 3.8) is 0 Å². The number of thioether (sulfide) groups is 1. The molecular weight excluding hydrogens is 298 g/mol. The van der Waals surface area contributed by atoms with Gasteiger partial charge >= 0.3 is 5.97 Å². The quantitative estimate of drug-likeness (QED) is 0.840. The first-order chi connectivity index (χ1) is 9.40. The van der Waals surface area contributed by atoms with Gasteiger partial charge in [-0.25, -0.2) is 0 Å². The van der Waals surface area contributed by atoms with Crippen LogP contribution in [0.2, 0.25) is 5.02 Å². The molecule has 0 aliphatic heterocycles. The normalized spacial score (nSPS) is 10.6. The molecule has 0 fully saturated rings. The fourth-order valence-corrected chi connectivity index (χ4v) is 2.62. The minimum absolute atomic E-state index is 0.116. The number of carboxylic acid groups (broad SMARTS) is 1. The van der Waals surface area contributed by atoms with Crippen LogP contribution < -0.4 is 0 Å². The van der Waals surface area contributed by atoms with E-state index >= 15 is 0 Å². The highest BCUT2D eigenvalue weighted by Crippen LogP contribution is 2.16. The lowest BCUT2D eigenvalue weighted by Crippen LogP contribution is -2.41. The Kier molecular flexibility index (Phi) is 6.88. The Hall–Kier alpha value is -1.20. The Morgan fingerprint density at radius 2 is 1.90 bits per heavy atom. The summed E-state index contributed by atoms with van der Waals surface area (Å²) >= 11 is 7.26. The molecule has 1 amide bonds. The molecule has 0 unspecified atom stereocenters. The maximum atomic E-state index is 12.0. The smallest absolute Gasteiger partial charge is 0.323 e. The molecule has 0 bridgehead atoms. The lowest BCUT2D eigenvalue weighted by molar-refractivity contribution is -0.144. The van der Waals surface area contributed by atoms with Crippen LogP contribution in [0.3, 0.4) is 0 Å². The molecule has 110 valence electrons. The minimum atomic E-state index is -0.991. The van der Waals surface area contributed by atoms with Gasteiger partial charge in [0.1, 0.15) is 6.54 Å². The van der Waals surface area contributed by atoms with E-state index in [1.54, 1.807) is 0 Å². The average molecular weight is 316 g/mol. The van der Waals surface area contributed by atoms with Gasteiger partial charge in [0.25, 0.3) is 0 Å². The van der Waals surface area contributed by atoms with Gasteiger partial charge in [-0.3, -0.25) is 9.59 Å². The molecular formula is C14H18ClNO3S. The van der Waals surface area contributed by atoms with Crippen LogP contribution in [-0.2, 0) is 15.3 Å². The van der Waals surface area contributed by atoms with E-state index in [1.165, 1.54) is 16.7 Å². The van der Waals surface area contributed by atoms with E-state index in [-0.39, 0.29) is 24.2 Å². The summed E-state index contributed by atoms with van der Waals surface area (Å²) in [6.07, 6.45) is 0. The van der Waals surface area contributed by atoms with Gasteiger partial charge in [-0.1, -0.05) is 23.7 Å². The highest BCUT2D eigenvalue weighted by molar-refractivity contribution is 7.99. The zero-order chi connectivity index (χ0) is 15.1. The van der Waals surface area contributed by atoms with Gasteiger partial charge in [-0.2, -0.15) is 0 Å². The van der Waals surface area contributed by atoms with Crippen molar-refractivity contribution in [2.75, 3.05) is 12.3 Å². The predicted octanol–water partition coefficient (Wildman–Crippen LogP) is 2.89. The number of aliphatic carboxylic acids is 1. The number of halogens is 1. The zero-order valence-corrected chi connectivity index (χ0v) is 13.1. The largest absolute Gasteiger partial charge is 0.480 e. The molecule has 0 saturated carbocycles. The van der Waals surface area contributed by atoms with Crippen LogP contribution in [0.4, 0.5) is 0 Å². The third kappa shape index (κ3) is 5.84. The van der Waals surface area contributed by atoms with E-state index in [0.29, 0.717) is 10.8 Å². The van der Waals surface area contributed by atoms with E-state index in [9.17, 15) is 9.59 Å². The van der Waals surface area contributed by atoms with Crippen LogP contribution in [-0.4, -0.2) is 40.2 Å². The molecule has 1 rings (SSSR count). The van der Waals surface area contributed by atoms with Crippen LogP contribution >= 0.6 is 23.4 Å². The maximum absolute atomic E-state index is 12.0. The standard InChI is InChI=1S/C14H18ClNO3S/c1-10(2)16(7-14(18)19)13(17)9-20-8-11-3-5-12(15)6-4-11/h3-6,10H,7-9H2,1-2H3,(H,18,19). The van der Waals surface area contributed by atoms with E-state index in [0.717, 1.165) is 5.56 Å². The number of carboxylic acids is 1. The van der Waals surface area contributed by atoms with Crippen molar-refractivity contribution in [2.24, 2.45) is 0 Å². The lowest BCUT2D eigenvalue weighted by atomic mass is 10.2. The van der Waals surface area contributed by atoms with Gasteiger partial charge in [0.05, 0.1) is 5.75 Å². The number of hydrogen-bond donors (Lipinski definition) is 1. The van der Waals surface area contributed by atoms with Gasteiger partial charge < -0.3 is 10.0 Å². The molecule has 1 N–H and O–H groups in total. The molecule has 0 aliphatic carbocycles. The highest BCUT2D eigenvalue weighted by atomic mass is 35.5. The second-order valence-corrected chi connectivity index (χ2v) is 6.05. The van der Waals surface area contributed by atoms with E-state index in [4.69, 9.17) is 16.7 Å². The Morgan fingerprint density at radius 1 is 1.30 bits per heavy atom. The van der Waals surface area contributed by atoms with Crippen molar-refractivity contribution in [1.29, 1.82) is 0 Å². The molecule has 20 heavy (non-hydrogen) atoms. The molecule has 0 aromatic heterocycles. The number of benzene rings is 1. The van der Waals surface area contributed by atoms with E-state index in [1.807, 2.05) is 38.1 Å². The summed E-state index contributed by atoms with van der Waals surface area (Å²) in [5, 5.41) is 9.48. The van der Waals surface area contributed by atoms with Crippen LogP contribution in [0.25, 0.3) is 0 Å². The van der Waals surface area contributed by atoms with Gasteiger partial charge in [-0.15, -0.1) is 11.8 Å². The Balaban J connectivity index is 2.44. The van der Waals surface area contributed by atoms with Crippen molar-refractivity contribution < 1.29 is 14.7 Å². The summed E-state index contributed by atoms with van der Waals surface area (Å²) in [5.41, 5.74) is 1.08. The fraction of sp³-hybridized carbons (Fsp3) is 0.429. The number of nitrogens with zero attached hydrogens (tertiary/aromatic N) is 1. The number of hydrogen-bond acceptors (Lipinski definition) is 3. The van der Waals surface area contributed by atoms with Crippen LogP contribution in [0.1, 0.15) is 19.4 Å². The number of rotatable bonds is 7. The summed E-state index contributed by atoms with van der Waals surface area (Å²) in [6.45, 7) is 3.37. The molecule has 0 saturated heterocycles. The second-order valence-electron chi connectivity index (χ2n) is 4.63. The molecule has 6 heteroatoms. The SMILES string of the molecule is CC(C)N(CC(=O)O)C(=O)CSCc1ccc(Cl)cc1. The molecule has 0 aliphatic rings. The molecule has 1 aromatic carbocycles. The lowest BCUT2D eigenvalue weighted by Gasteiger charge is -2.24. The Bertz CT molecular complexity index is 462. The summed E-state index contributed by atoms with van der Waals surface area (Å²) in [6, 6.07) is 7.33. The zero-order valence-electron chi connectivity index (χ0n) is 11.5. The fourth-order valence-electron chi connectivity index (χ4n) is 1.62. The van der Waals surface area contributed by atoms with E-state index in [2.05, 4.69) is 0 Å². The van der Waals surface area contributed by atoms with Crippen molar-refractivity contribution in [1.82, 2.24) is 4.90 Å². The van der Waals surface area contributed by atoms with Gasteiger partial charge in [-0.05, 0) is 31.5 Å². The first kappa shape index (κ1) is 16.9. The van der Waals surface area contributed by atoms with Gasteiger partial charge in [0.2, 0.25) is 5.91 Å². The summed E-state index contributed by atoms with van der Waals surface area (Å²) in [7, 11) is 0. The van der Waals surface area contributed by atoms with Crippen LogP contribution in [0.5, 0.6) is 0 Å². The molecule has 4 nitrogen and oxygen atoms in total. The van der Waals surface area contributed by atoms with Crippen LogP contribution in [0, 0.1) is 0 Å². The Labute approximate surface area is 128 Å². The molecule has 0 radical (unpaired) electrons. The summed E-state index contributed by atoms with van der Waals surface area (Å²) < 4.78 is 0. The summed E-state index contributed by atoms with van der Waals surface area (Å²) in [4.78, 5) is 24.1. The molecule has 0 heterocycles. The molecule has 0 spiro atoms. The van der Waals surface area contributed by atoms with Crippen molar-refractivity contribution in [3.05, 3.63) is 34.9 Å². The highest BCUT2D eigenvalue weighted by Gasteiger charge is 2.19. The first-order valence-electron chi connectivity index (χ1n) is 6.23. The number of carbonyl (C=O) groups excluding carboxylic acids is 1. The van der Waals surface area contributed by atoms with Crippen LogP contribution in [0.15, 0.2) is 24.3 Å². The Morgan fingerprint density at radius 3 is 2.40 bits per heavy atom. The van der Waals surface area contributed by atoms with Crippen molar-refractivity contribution >= 4 is 35.2 Å². The molecule has 1 aromatic rings. The maximum Gasteiger partial charge on any atom is 0.323 e. The first-order valence-corrected chi connectivity index (χ1v) is 7.77. The average Bonchev–Trinajstić information content (AvgIpc) is 2.37.